The number of hydrogen-bond acceptors (Lipinski definition) is 3. The zero-order chi connectivity index (χ0) is 13.2. The number of carbonyl (C=O) groups excluding carboxylic acids is 1. The van der Waals surface area contributed by atoms with Gasteiger partial charge in [-0.05, 0) is 59.5 Å². The van der Waals surface area contributed by atoms with Crippen LogP contribution in [0.2, 0.25) is 0 Å². The monoisotopic (exact) mass is 343 g/mol. The van der Waals surface area contributed by atoms with E-state index in [1.54, 1.807) is 0 Å². The lowest BCUT2D eigenvalue weighted by atomic mass is 9.88. The Morgan fingerprint density at radius 1 is 1.32 bits per heavy atom. The van der Waals surface area contributed by atoms with Crippen LogP contribution >= 0.6 is 27.3 Å². The first kappa shape index (κ1) is 13.6. The van der Waals surface area contributed by atoms with E-state index < -0.39 is 0 Å². The van der Waals surface area contributed by atoms with Crippen molar-refractivity contribution < 1.29 is 9.53 Å². The molecule has 0 aromatic carbocycles. The number of amides is 1. The van der Waals surface area contributed by atoms with Gasteiger partial charge in [0.05, 0.1) is 4.88 Å². The van der Waals surface area contributed by atoms with Crippen LogP contribution in [0.15, 0.2) is 15.9 Å². The molecule has 0 spiro atoms. The van der Waals surface area contributed by atoms with Crippen molar-refractivity contribution in [2.45, 2.75) is 31.7 Å². The molecule has 3 nitrogen and oxygen atoms in total. The topological polar surface area (TPSA) is 38.3 Å². The Kier molecular flexibility index (Phi) is 4.24. The summed E-state index contributed by atoms with van der Waals surface area (Å²) in [6, 6.07) is 2.24. The number of hydrogen-bond donors (Lipinski definition) is 1. The normalized spacial score (nSPS) is 22.2. The fourth-order valence-corrected chi connectivity index (χ4v) is 4.13. The van der Waals surface area contributed by atoms with Crippen molar-refractivity contribution in [2.24, 2.45) is 11.8 Å². The Labute approximate surface area is 125 Å². The first-order chi connectivity index (χ1) is 9.24. The molecule has 104 valence electrons. The molecule has 5 heteroatoms. The van der Waals surface area contributed by atoms with E-state index in [-0.39, 0.29) is 5.91 Å². The summed E-state index contributed by atoms with van der Waals surface area (Å²) < 4.78 is 6.41. The highest BCUT2D eigenvalue weighted by atomic mass is 79.9. The van der Waals surface area contributed by atoms with Crippen LogP contribution in [-0.2, 0) is 4.74 Å². The summed E-state index contributed by atoms with van der Waals surface area (Å²) in [7, 11) is 0. The van der Waals surface area contributed by atoms with Gasteiger partial charge in [-0.25, -0.2) is 0 Å². The molecule has 2 heterocycles. The van der Waals surface area contributed by atoms with Crippen molar-refractivity contribution in [2.75, 3.05) is 13.2 Å². The lowest BCUT2D eigenvalue weighted by molar-refractivity contribution is 0.0486. The van der Waals surface area contributed by atoms with E-state index in [4.69, 9.17) is 4.74 Å². The van der Waals surface area contributed by atoms with E-state index in [9.17, 15) is 4.79 Å². The minimum Gasteiger partial charge on any atom is -0.381 e. The van der Waals surface area contributed by atoms with E-state index >= 15 is 0 Å². The van der Waals surface area contributed by atoms with Crippen LogP contribution < -0.4 is 5.32 Å². The van der Waals surface area contributed by atoms with Gasteiger partial charge in [-0.15, -0.1) is 11.3 Å². The molecule has 1 aromatic heterocycles. The summed E-state index contributed by atoms with van der Waals surface area (Å²) in [5, 5.41) is 5.23. The van der Waals surface area contributed by atoms with Crippen LogP contribution in [0, 0.1) is 11.8 Å². The largest absolute Gasteiger partial charge is 0.381 e. The van der Waals surface area contributed by atoms with Gasteiger partial charge < -0.3 is 10.1 Å². The maximum absolute atomic E-state index is 12.3. The van der Waals surface area contributed by atoms with Crippen LogP contribution in [0.4, 0.5) is 0 Å². The third-order valence-electron chi connectivity index (χ3n) is 3.99. The van der Waals surface area contributed by atoms with Crippen molar-refractivity contribution in [3.8, 4) is 0 Å². The van der Waals surface area contributed by atoms with Gasteiger partial charge in [0.1, 0.15) is 0 Å². The van der Waals surface area contributed by atoms with Crippen molar-refractivity contribution in [1.29, 1.82) is 0 Å². The molecule has 1 aromatic rings. The molecule has 1 N–H and O–H groups in total. The highest BCUT2D eigenvalue weighted by molar-refractivity contribution is 9.10. The quantitative estimate of drug-likeness (QED) is 0.909. The minimum absolute atomic E-state index is 0.0825. The summed E-state index contributed by atoms with van der Waals surface area (Å²) in [5.74, 6) is 1.36. The minimum atomic E-state index is 0.0825. The molecule has 2 aliphatic rings. The Morgan fingerprint density at radius 3 is 2.58 bits per heavy atom. The lowest BCUT2D eigenvalue weighted by Gasteiger charge is -2.31. The van der Waals surface area contributed by atoms with Crippen molar-refractivity contribution in [3.63, 3.8) is 0 Å². The van der Waals surface area contributed by atoms with E-state index in [0.29, 0.717) is 17.9 Å². The molecule has 1 amide bonds. The van der Waals surface area contributed by atoms with Crippen molar-refractivity contribution in [3.05, 3.63) is 20.8 Å². The molecule has 0 radical (unpaired) electrons. The average Bonchev–Trinajstić information content (AvgIpc) is 3.18. The predicted molar refractivity (Wildman–Crippen MR) is 79.5 cm³/mol. The first-order valence-electron chi connectivity index (χ1n) is 6.86. The van der Waals surface area contributed by atoms with Gasteiger partial charge in [0.2, 0.25) is 0 Å². The molecular weight excluding hydrogens is 326 g/mol. The van der Waals surface area contributed by atoms with Crippen LogP contribution in [0.5, 0.6) is 0 Å². The maximum atomic E-state index is 12.3. The number of ether oxygens (including phenoxy) is 1. The van der Waals surface area contributed by atoms with E-state index in [2.05, 4.69) is 21.2 Å². The van der Waals surface area contributed by atoms with Gasteiger partial charge in [0.15, 0.2) is 0 Å². The summed E-state index contributed by atoms with van der Waals surface area (Å²) in [5.41, 5.74) is 0. The highest BCUT2D eigenvalue weighted by Gasteiger charge is 2.38. The van der Waals surface area contributed by atoms with Crippen molar-refractivity contribution in [1.82, 2.24) is 5.32 Å². The molecule has 1 unspecified atom stereocenters. The van der Waals surface area contributed by atoms with Gasteiger partial charge in [0, 0.05) is 29.1 Å². The van der Waals surface area contributed by atoms with Gasteiger partial charge in [0.25, 0.3) is 5.91 Å². The molecule has 2 fully saturated rings. The lowest BCUT2D eigenvalue weighted by Crippen LogP contribution is -2.43. The van der Waals surface area contributed by atoms with Gasteiger partial charge in [-0.1, -0.05) is 0 Å². The van der Waals surface area contributed by atoms with Crippen LogP contribution in [0.3, 0.4) is 0 Å². The van der Waals surface area contributed by atoms with Crippen LogP contribution in [-0.4, -0.2) is 25.2 Å². The Morgan fingerprint density at radius 2 is 2.00 bits per heavy atom. The van der Waals surface area contributed by atoms with E-state index in [0.717, 1.165) is 35.4 Å². The highest BCUT2D eigenvalue weighted by Crippen LogP contribution is 2.38. The molecule has 1 saturated carbocycles. The molecule has 1 atom stereocenters. The number of thiophene rings is 1. The van der Waals surface area contributed by atoms with E-state index in [1.807, 2.05) is 11.4 Å². The van der Waals surface area contributed by atoms with Gasteiger partial charge in [-0.3, -0.25) is 4.79 Å². The van der Waals surface area contributed by atoms with E-state index in [1.165, 1.54) is 24.2 Å². The Bertz CT molecular complexity index is 452. The van der Waals surface area contributed by atoms with Crippen LogP contribution in [0.1, 0.15) is 35.4 Å². The molecule has 1 aliphatic heterocycles. The number of nitrogens with one attached hydrogen (secondary N) is 1. The summed E-state index contributed by atoms with van der Waals surface area (Å²) >= 11 is 4.89. The third kappa shape index (κ3) is 3.38. The molecule has 19 heavy (non-hydrogen) atoms. The second kappa shape index (κ2) is 5.94. The Hall–Kier alpha value is -0.390. The molecule has 1 aliphatic carbocycles. The zero-order valence-electron chi connectivity index (χ0n) is 10.7. The molecular formula is C14H18BrNO2S. The predicted octanol–water partition coefficient (Wildman–Crippen LogP) is 3.45. The molecule has 0 bridgehead atoms. The standard InChI is InChI=1S/C14H18BrNO2S/c15-11-7-12(19-8-11)14(17)16-13(9-1-2-9)10-3-5-18-6-4-10/h7-10,13H,1-6H2,(H,16,17). The summed E-state index contributed by atoms with van der Waals surface area (Å²) in [4.78, 5) is 13.1. The fourth-order valence-electron chi connectivity index (χ4n) is 2.81. The van der Waals surface area contributed by atoms with Gasteiger partial charge >= 0.3 is 0 Å². The Balaban J connectivity index is 1.65. The average molecular weight is 344 g/mol. The SMILES string of the molecule is O=C(NC(C1CCOCC1)C1CC1)c1cc(Br)cs1. The first-order valence-corrected chi connectivity index (χ1v) is 8.54. The summed E-state index contributed by atoms with van der Waals surface area (Å²) in [6.45, 7) is 1.68. The number of halogens is 1. The van der Waals surface area contributed by atoms with Crippen molar-refractivity contribution >= 4 is 33.2 Å². The third-order valence-corrected chi connectivity index (χ3v) is 5.68. The zero-order valence-corrected chi connectivity index (χ0v) is 13.1. The molecule has 1 saturated heterocycles. The fraction of sp³-hybridized carbons (Fsp3) is 0.643. The van der Waals surface area contributed by atoms with Gasteiger partial charge in [-0.2, -0.15) is 0 Å². The second-order valence-corrected chi connectivity index (χ2v) is 7.24. The smallest absolute Gasteiger partial charge is 0.261 e. The second-order valence-electron chi connectivity index (χ2n) is 5.42. The number of rotatable bonds is 4. The maximum Gasteiger partial charge on any atom is 0.261 e. The van der Waals surface area contributed by atoms with Crippen LogP contribution in [0.25, 0.3) is 0 Å². The molecule has 3 rings (SSSR count). The summed E-state index contributed by atoms with van der Waals surface area (Å²) in [6.07, 6.45) is 4.68. The number of carbonyl (C=O) groups is 1.